The lowest BCUT2D eigenvalue weighted by molar-refractivity contribution is 0.765. The van der Waals surface area contributed by atoms with E-state index < -0.39 is 0 Å². The summed E-state index contributed by atoms with van der Waals surface area (Å²) in [6.07, 6.45) is 5.97. The van der Waals surface area contributed by atoms with Crippen molar-refractivity contribution < 1.29 is 0 Å². The Morgan fingerprint density at radius 1 is 0.680 bits per heavy atom. The number of benzene rings is 1. The average molecular weight is 331 g/mol. The van der Waals surface area contributed by atoms with Crippen molar-refractivity contribution in [2.45, 2.75) is 26.7 Å². The van der Waals surface area contributed by atoms with Gasteiger partial charge in [-0.2, -0.15) is 0 Å². The Labute approximate surface area is 150 Å². The molecule has 2 heterocycles. The van der Waals surface area contributed by atoms with Gasteiger partial charge in [-0.3, -0.25) is 9.97 Å². The maximum absolute atomic E-state index is 4.40. The molecule has 0 saturated carbocycles. The molecule has 0 N–H and O–H groups in total. The number of pyridine rings is 2. The minimum atomic E-state index is 0.980. The van der Waals surface area contributed by atoms with Gasteiger partial charge in [0.2, 0.25) is 0 Å². The predicted octanol–water partition coefficient (Wildman–Crippen LogP) is 4.39. The molecule has 3 nitrogen and oxygen atoms in total. The Bertz CT molecular complexity index is 715. The second-order valence-corrected chi connectivity index (χ2v) is 6.44. The molecule has 0 unspecified atom stereocenters. The van der Waals surface area contributed by atoms with E-state index in [0.29, 0.717) is 0 Å². The summed E-state index contributed by atoms with van der Waals surface area (Å²) in [4.78, 5) is 11.3. The zero-order valence-electron chi connectivity index (χ0n) is 15.0. The van der Waals surface area contributed by atoms with Gasteiger partial charge in [0.15, 0.2) is 0 Å². The third-order valence-electron chi connectivity index (χ3n) is 4.41. The van der Waals surface area contributed by atoms with E-state index in [2.05, 4.69) is 69.5 Å². The molecule has 0 radical (unpaired) electrons. The van der Waals surface area contributed by atoms with E-state index in [1.807, 2.05) is 26.2 Å². The van der Waals surface area contributed by atoms with E-state index in [1.165, 1.54) is 16.8 Å². The highest BCUT2D eigenvalue weighted by molar-refractivity contribution is 5.46. The number of rotatable bonds is 7. The van der Waals surface area contributed by atoms with Gasteiger partial charge in [0, 0.05) is 42.6 Å². The molecule has 25 heavy (non-hydrogen) atoms. The van der Waals surface area contributed by atoms with Crippen LogP contribution in [-0.4, -0.2) is 23.1 Å². The summed E-state index contributed by atoms with van der Waals surface area (Å²) in [6, 6.07) is 19.1. The van der Waals surface area contributed by atoms with Gasteiger partial charge in [-0.25, -0.2) is 0 Å². The lowest BCUT2D eigenvalue weighted by atomic mass is 10.1. The van der Waals surface area contributed by atoms with Crippen LogP contribution in [0.3, 0.4) is 0 Å². The Morgan fingerprint density at radius 2 is 1.20 bits per heavy atom. The Kier molecular flexibility index (Phi) is 5.78. The third-order valence-corrected chi connectivity index (χ3v) is 4.41. The largest absolute Gasteiger partial charge is 0.371 e. The zero-order valence-corrected chi connectivity index (χ0v) is 15.0. The highest BCUT2D eigenvalue weighted by Gasteiger charge is 2.07. The second kappa shape index (κ2) is 8.43. The van der Waals surface area contributed by atoms with Gasteiger partial charge in [0.05, 0.1) is 0 Å². The molecule has 2 aromatic heterocycles. The normalized spacial score (nSPS) is 10.6. The van der Waals surface area contributed by atoms with Crippen LogP contribution in [0.15, 0.2) is 67.0 Å². The molecule has 0 bridgehead atoms. The van der Waals surface area contributed by atoms with E-state index >= 15 is 0 Å². The van der Waals surface area contributed by atoms with Gasteiger partial charge < -0.3 is 4.90 Å². The number of anilines is 1. The van der Waals surface area contributed by atoms with E-state index in [1.54, 1.807) is 0 Å². The van der Waals surface area contributed by atoms with Crippen molar-refractivity contribution in [3.63, 3.8) is 0 Å². The van der Waals surface area contributed by atoms with Crippen LogP contribution in [0.25, 0.3) is 0 Å². The molecule has 0 atom stereocenters. The number of para-hydroxylation sites is 1. The molecule has 0 aliphatic heterocycles. The zero-order chi connectivity index (χ0) is 17.5. The molecule has 3 rings (SSSR count). The van der Waals surface area contributed by atoms with Crippen molar-refractivity contribution in [3.8, 4) is 0 Å². The van der Waals surface area contributed by atoms with Crippen molar-refractivity contribution in [1.82, 2.24) is 9.97 Å². The van der Waals surface area contributed by atoms with Crippen molar-refractivity contribution in [1.29, 1.82) is 0 Å². The quantitative estimate of drug-likeness (QED) is 0.643. The lowest BCUT2D eigenvalue weighted by Crippen LogP contribution is -2.28. The molecule has 0 aliphatic rings. The van der Waals surface area contributed by atoms with Crippen LogP contribution in [0.2, 0.25) is 0 Å². The highest BCUT2D eigenvalue weighted by atomic mass is 15.1. The first-order valence-electron chi connectivity index (χ1n) is 8.84. The van der Waals surface area contributed by atoms with E-state index in [0.717, 1.165) is 37.3 Å². The molecular weight excluding hydrogens is 306 g/mol. The molecule has 0 aliphatic carbocycles. The fourth-order valence-corrected chi connectivity index (χ4v) is 2.83. The second-order valence-electron chi connectivity index (χ2n) is 6.44. The highest BCUT2D eigenvalue weighted by Crippen LogP contribution is 2.15. The van der Waals surface area contributed by atoms with Crippen LogP contribution in [-0.2, 0) is 12.8 Å². The standard InChI is InChI=1S/C22H25N3/c1-18-8-10-20(16-23-18)12-14-25(22-6-4-3-5-7-22)15-13-21-11-9-19(2)24-17-21/h3-11,16-17H,12-15H2,1-2H3. The smallest absolute Gasteiger partial charge is 0.0372 e. The number of hydrogen-bond donors (Lipinski definition) is 0. The number of aromatic nitrogens is 2. The van der Waals surface area contributed by atoms with Gasteiger partial charge in [0.1, 0.15) is 0 Å². The van der Waals surface area contributed by atoms with Crippen molar-refractivity contribution in [3.05, 3.63) is 89.5 Å². The van der Waals surface area contributed by atoms with E-state index in [-0.39, 0.29) is 0 Å². The maximum atomic E-state index is 4.40. The van der Waals surface area contributed by atoms with Crippen LogP contribution in [0.1, 0.15) is 22.5 Å². The SMILES string of the molecule is Cc1ccc(CCN(CCc2ccc(C)nc2)c2ccccc2)cn1. The summed E-state index contributed by atoms with van der Waals surface area (Å²) in [5.74, 6) is 0. The third kappa shape index (κ3) is 5.15. The summed E-state index contributed by atoms with van der Waals surface area (Å²) < 4.78 is 0. The molecule has 0 amide bonds. The molecular formula is C22H25N3. The minimum Gasteiger partial charge on any atom is -0.371 e. The van der Waals surface area contributed by atoms with E-state index in [9.17, 15) is 0 Å². The predicted molar refractivity (Wildman–Crippen MR) is 104 cm³/mol. The number of nitrogens with zero attached hydrogens (tertiary/aromatic N) is 3. The minimum absolute atomic E-state index is 0.980. The summed E-state index contributed by atoms with van der Waals surface area (Å²) in [6.45, 7) is 6.01. The number of hydrogen-bond acceptors (Lipinski definition) is 3. The summed E-state index contributed by atoms with van der Waals surface area (Å²) in [5.41, 5.74) is 5.96. The first-order chi connectivity index (χ1) is 12.2. The fraction of sp³-hybridized carbons (Fsp3) is 0.273. The van der Waals surface area contributed by atoms with Gasteiger partial charge in [0.25, 0.3) is 0 Å². The van der Waals surface area contributed by atoms with Crippen LogP contribution in [0.4, 0.5) is 5.69 Å². The fourth-order valence-electron chi connectivity index (χ4n) is 2.83. The molecule has 3 aromatic rings. The van der Waals surface area contributed by atoms with Crippen LogP contribution in [0, 0.1) is 13.8 Å². The lowest BCUT2D eigenvalue weighted by Gasteiger charge is -2.25. The molecule has 0 fully saturated rings. The first-order valence-corrected chi connectivity index (χ1v) is 8.84. The maximum Gasteiger partial charge on any atom is 0.0372 e. The van der Waals surface area contributed by atoms with Crippen molar-refractivity contribution in [2.75, 3.05) is 18.0 Å². The molecule has 1 aromatic carbocycles. The van der Waals surface area contributed by atoms with Gasteiger partial charge in [-0.15, -0.1) is 0 Å². The van der Waals surface area contributed by atoms with Crippen LogP contribution >= 0.6 is 0 Å². The Hall–Kier alpha value is -2.68. The van der Waals surface area contributed by atoms with Gasteiger partial charge >= 0.3 is 0 Å². The summed E-state index contributed by atoms with van der Waals surface area (Å²) >= 11 is 0. The van der Waals surface area contributed by atoms with Crippen molar-refractivity contribution in [2.24, 2.45) is 0 Å². The topological polar surface area (TPSA) is 29.0 Å². The molecule has 0 spiro atoms. The summed E-state index contributed by atoms with van der Waals surface area (Å²) in [7, 11) is 0. The van der Waals surface area contributed by atoms with Crippen molar-refractivity contribution >= 4 is 5.69 Å². The summed E-state index contributed by atoms with van der Waals surface area (Å²) in [5, 5.41) is 0. The molecule has 3 heteroatoms. The van der Waals surface area contributed by atoms with Gasteiger partial charge in [-0.1, -0.05) is 30.3 Å². The Morgan fingerprint density at radius 3 is 1.64 bits per heavy atom. The van der Waals surface area contributed by atoms with Crippen LogP contribution in [0.5, 0.6) is 0 Å². The van der Waals surface area contributed by atoms with E-state index in [4.69, 9.17) is 0 Å². The Balaban J connectivity index is 1.66. The first kappa shape index (κ1) is 17.2. The van der Waals surface area contributed by atoms with Gasteiger partial charge in [-0.05, 0) is 62.1 Å². The number of aryl methyl sites for hydroxylation is 2. The molecule has 0 saturated heterocycles. The van der Waals surface area contributed by atoms with Crippen LogP contribution < -0.4 is 4.90 Å². The monoisotopic (exact) mass is 331 g/mol. The molecule has 128 valence electrons. The average Bonchev–Trinajstić information content (AvgIpc) is 2.65.